The van der Waals surface area contributed by atoms with Crippen LogP contribution in [0.2, 0.25) is 0 Å². The number of esters is 1. The molecule has 0 saturated carbocycles. The molecular weight excluding hydrogens is 450 g/mol. The van der Waals surface area contributed by atoms with Gasteiger partial charge in [0, 0.05) is 17.8 Å². The van der Waals surface area contributed by atoms with Gasteiger partial charge in [0.05, 0.1) is 25.3 Å². The monoisotopic (exact) mass is 483 g/mol. The van der Waals surface area contributed by atoms with Gasteiger partial charge in [-0.15, -0.1) is 0 Å². The third-order valence-corrected chi connectivity index (χ3v) is 6.11. The van der Waals surface area contributed by atoms with Gasteiger partial charge in [-0.3, -0.25) is 9.59 Å². The number of aromatic amines is 1. The lowest BCUT2D eigenvalue weighted by atomic mass is 9.94. The van der Waals surface area contributed by atoms with E-state index in [9.17, 15) is 19.5 Å². The Hall–Kier alpha value is -3.59. The second-order valence-corrected chi connectivity index (χ2v) is 8.77. The number of carbonyl (C=O) groups is 3. The number of hydrogen-bond acceptors (Lipinski definition) is 7. The Kier molecular flexibility index (Phi) is 8.01. The molecule has 0 radical (unpaired) electrons. The number of likely N-dealkylation sites (tertiary alicyclic amines) is 1. The molecule has 1 fully saturated rings. The Morgan fingerprint density at radius 2 is 1.83 bits per heavy atom. The van der Waals surface area contributed by atoms with Crippen molar-refractivity contribution in [1.82, 2.24) is 14.8 Å². The molecule has 9 nitrogen and oxygen atoms in total. The highest BCUT2D eigenvalue weighted by atomic mass is 16.5. The molecule has 1 amide bonds. The Labute approximate surface area is 205 Å². The molecular formula is C26H33N3O6. The molecule has 188 valence electrons. The lowest BCUT2D eigenvalue weighted by Gasteiger charge is -2.26. The van der Waals surface area contributed by atoms with E-state index in [0.717, 1.165) is 6.54 Å². The van der Waals surface area contributed by atoms with Gasteiger partial charge in [0.15, 0.2) is 0 Å². The number of Topliss-reactive ketones (excluding diaryl/α,β-unsaturated/α-hetero) is 1. The van der Waals surface area contributed by atoms with Crippen LogP contribution in [0.1, 0.15) is 52.3 Å². The van der Waals surface area contributed by atoms with Gasteiger partial charge in [-0.05, 0) is 71.1 Å². The maximum Gasteiger partial charge on any atom is 0.354 e. The summed E-state index contributed by atoms with van der Waals surface area (Å²) in [6, 6.07) is 6.37. The highest BCUT2D eigenvalue weighted by molar-refractivity contribution is 6.46. The van der Waals surface area contributed by atoms with Gasteiger partial charge < -0.3 is 29.4 Å². The molecule has 2 heterocycles. The predicted octanol–water partition coefficient (Wildman–Crippen LogP) is 3.19. The van der Waals surface area contributed by atoms with E-state index in [4.69, 9.17) is 9.47 Å². The largest absolute Gasteiger partial charge is 0.507 e. The average Bonchev–Trinajstić information content (AvgIpc) is 3.26. The second-order valence-electron chi connectivity index (χ2n) is 8.77. The quantitative estimate of drug-likeness (QED) is 0.244. The first-order valence-corrected chi connectivity index (χ1v) is 11.6. The molecule has 3 rings (SSSR count). The lowest BCUT2D eigenvalue weighted by Crippen LogP contribution is -2.32. The van der Waals surface area contributed by atoms with Crippen LogP contribution < -0.4 is 4.74 Å². The summed E-state index contributed by atoms with van der Waals surface area (Å²) in [6.45, 7) is 6.82. The zero-order valence-electron chi connectivity index (χ0n) is 21.1. The Morgan fingerprint density at radius 1 is 1.17 bits per heavy atom. The van der Waals surface area contributed by atoms with Crippen molar-refractivity contribution < 1.29 is 29.0 Å². The van der Waals surface area contributed by atoms with E-state index in [2.05, 4.69) is 4.98 Å². The summed E-state index contributed by atoms with van der Waals surface area (Å²) in [5.41, 5.74) is 2.10. The molecule has 1 aromatic carbocycles. The molecule has 1 aromatic heterocycles. The van der Waals surface area contributed by atoms with E-state index in [1.165, 1.54) is 12.0 Å². The first-order valence-electron chi connectivity index (χ1n) is 11.6. The highest BCUT2D eigenvalue weighted by Gasteiger charge is 2.46. The van der Waals surface area contributed by atoms with Crippen molar-refractivity contribution in [2.75, 3.05) is 40.9 Å². The van der Waals surface area contributed by atoms with Crippen molar-refractivity contribution in [2.24, 2.45) is 0 Å². The van der Waals surface area contributed by atoms with E-state index in [0.29, 0.717) is 47.7 Å². The van der Waals surface area contributed by atoms with Crippen molar-refractivity contribution in [3.8, 4) is 5.75 Å². The maximum absolute atomic E-state index is 13.3. The van der Waals surface area contributed by atoms with Gasteiger partial charge in [-0.1, -0.05) is 12.1 Å². The average molecular weight is 484 g/mol. The minimum Gasteiger partial charge on any atom is -0.507 e. The molecule has 0 bridgehead atoms. The number of nitrogens with zero attached hydrogens (tertiary/aromatic N) is 2. The fraction of sp³-hybridized carbons (Fsp3) is 0.423. The summed E-state index contributed by atoms with van der Waals surface area (Å²) in [7, 11) is 5.14. The number of nitrogens with one attached hydrogen (secondary N) is 1. The minimum absolute atomic E-state index is 0.00868. The number of benzene rings is 1. The zero-order chi connectivity index (χ0) is 25.9. The second kappa shape index (κ2) is 10.8. The highest BCUT2D eigenvalue weighted by Crippen LogP contribution is 2.41. The first-order chi connectivity index (χ1) is 16.6. The van der Waals surface area contributed by atoms with Crippen molar-refractivity contribution >= 4 is 23.4 Å². The van der Waals surface area contributed by atoms with Gasteiger partial charge in [0.1, 0.15) is 17.2 Å². The van der Waals surface area contributed by atoms with Gasteiger partial charge >= 0.3 is 5.97 Å². The number of amides is 1. The molecule has 2 aromatic rings. The van der Waals surface area contributed by atoms with Crippen LogP contribution in [0.4, 0.5) is 0 Å². The number of aliphatic hydroxyl groups excluding tert-OH is 1. The molecule has 1 aliphatic rings. The topological polar surface area (TPSA) is 112 Å². The minimum atomic E-state index is -0.775. The first kappa shape index (κ1) is 26.0. The molecule has 1 atom stereocenters. The SMILES string of the molecule is CCOc1ccc([C@@H]2C(=C(O)c3c(C)[nH]c(C(=O)OC)c3C)C(=O)C(=O)N2CCCN(C)C)cc1. The maximum atomic E-state index is 13.3. The van der Waals surface area contributed by atoms with Crippen molar-refractivity contribution in [2.45, 2.75) is 33.2 Å². The van der Waals surface area contributed by atoms with Crippen LogP contribution in [-0.4, -0.2) is 78.5 Å². The van der Waals surface area contributed by atoms with Crippen LogP contribution in [0.3, 0.4) is 0 Å². The van der Waals surface area contributed by atoms with Crippen molar-refractivity contribution in [3.05, 3.63) is 57.9 Å². The van der Waals surface area contributed by atoms with Crippen LogP contribution in [0.15, 0.2) is 29.8 Å². The Morgan fingerprint density at radius 3 is 2.40 bits per heavy atom. The third-order valence-electron chi connectivity index (χ3n) is 6.11. The molecule has 1 saturated heterocycles. The van der Waals surface area contributed by atoms with E-state index in [1.807, 2.05) is 25.9 Å². The molecule has 35 heavy (non-hydrogen) atoms. The summed E-state index contributed by atoms with van der Waals surface area (Å²) >= 11 is 0. The number of aliphatic hydroxyl groups is 1. The molecule has 9 heteroatoms. The van der Waals surface area contributed by atoms with Crippen LogP contribution >= 0.6 is 0 Å². The number of methoxy groups -OCH3 is 1. The number of aryl methyl sites for hydroxylation is 1. The zero-order valence-corrected chi connectivity index (χ0v) is 21.1. The van der Waals surface area contributed by atoms with E-state index in [1.54, 1.807) is 38.1 Å². The summed E-state index contributed by atoms with van der Waals surface area (Å²) < 4.78 is 10.4. The molecule has 2 N–H and O–H groups in total. The third kappa shape index (κ3) is 5.09. The summed E-state index contributed by atoms with van der Waals surface area (Å²) in [5.74, 6) is -1.66. The molecule has 1 aliphatic heterocycles. The van der Waals surface area contributed by atoms with E-state index < -0.39 is 23.7 Å². The van der Waals surface area contributed by atoms with Gasteiger partial charge in [-0.25, -0.2) is 4.79 Å². The summed E-state index contributed by atoms with van der Waals surface area (Å²) in [5, 5.41) is 11.4. The number of aromatic nitrogens is 1. The van der Waals surface area contributed by atoms with Crippen molar-refractivity contribution in [3.63, 3.8) is 0 Å². The van der Waals surface area contributed by atoms with E-state index >= 15 is 0 Å². The van der Waals surface area contributed by atoms with Gasteiger partial charge in [0.25, 0.3) is 11.7 Å². The number of hydrogen-bond donors (Lipinski definition) is 2. The fourth-order valence-electron chi connectivity index (χ4n) is 4.47. The summed E-state index contributed by atoms with van der Waals surface area (Å²) in [4.78, 5) is 45.0. The molecule has 0 aliphatic carbocycles. The normalized spacial score (nSPS) is 17.3. The number of ether oxygens (including phenoxy) is 2. The van der Waals surface area contributed by atoms with Crippen LogP contribution in [0.25, 0.3) is 5.76 Å². The fourth-order valence-corrected chi connectivity index (χ4v) is 4.47. The van der Waals surface area contributed by atoms with Gasteiger partial charge in [-0.2, -0.15) is 0 Å². The van der Waals surface area contributed by atoms with Gasteiger partial charge in [0.2, 0.25) is 0 Å². The van der Waals surface area contributed by atoms with E-state index in [-0.39, 0.29) is 17.0 Å². The number of rotatable bonds is 9. The van der Waals surface area contributed by atoms with Crippen molar-refractivity contribution in [1.29, 1.82) is 0 Å². The number of ketones is 1. The smallest absolute Gasteiger partial charge is 0.354 e. The number of H-pyrrole nitrogens is 1. The van der Waals surface area contributed by atoms with Crippen LogP contribution in [-0.2, 0) is 14.3 Å². The lowest BCUT2D eigenvalue weighted by molar-refractivity contribution is -0.139. The Balaban J connectivity index is 2.15. The van der Waals surface area contributed by atoms with Crippen LogP contribution in [0, 0.1) is 13.8 Å². The standard InChI is InChI=1S/C26H33N3O6/c1-7-35-18-11-9-17(10-12-18)22-20(24(31)25(32)29(22)14-8-13-28(4)5)23(30)19-15(2)21(26(33)34-6)27-16(19)3/h9-12,22,27,30H,7-8,13-14H2,1-6H3/t22-/m1/s1. The van der Waals surface area contributed by atoms with Crippen LogP contribution in [0.5, 0.6) is 5.75 Å². The molecule has 0 spiro atoms. The summed E-state index contributed by atoms with van der Waals surface area (Å²) in [6.07, 6.45) is 0.655. The predicted molar refractivity (Wildman–Crippen MR) is 131 cm³/mol. The molecule has 0 unspecified atom stereocenters. The number of carbonyl (C=O) groups excluding carboxylic acids is 3. The Bertz CT molecular complexity index is 1150.